The zero-order chi connectivity index (χ0) is 14.0. The van der Waals surface area contributed by atoms with Gasteiger partial charge in [0.25, 0.3) is 0 Å². The van der Waals surface area contributed by atoms with Gasteiger partial charge in [0.15, 0.2) is 11.6 Å². The minimum absolute atomic E-state index is 0.216. The Morgan fingerprint density at radius 3 is 2.58 bits per heavy atom. The lowest BCUT2D eigenvalue weighted by atomic mass is 10.0. The Kier molecular flexibility index (Phi) is 4.55. The Labute approximate surface area is 120 Å². The van der Waals surface area contributed by atoms with E-state index in [4.69, 9.17) is 11.6 Å². The van der Waals surface area contributed by atoms with Gasteiger partial charge < -0.3 is 5.32 Å². The molecule has 1 heterocycles. The summed E-state index contributed by atoms with van der Waals surface area (Å²) in [5, 5.41) is 5.89. The first-order valence-electron chi connectivity index (χ1n) is 5.96. The predicted molar refractivity (Wildman–Crippen MR) is 75.9 cm³/mol. The number of rotatable bonds is 4. The van der Waals surface area contributed by atoms with Crippen LogP contribution in [0.4, 0.5) is 8.78 Å². The number of hydrogen-bond donors (Lipinski definition) is 1. The van der Waals surface area contributed by atoms with Gasteiger partial charge in [0, 0.05) is 4.88 Å². The molecule has 2 aromatic rings. The van der Waals surface area contributed by atoms with Crippen LogP contribution in [-0.2, 0) is 0 Å². The van der Waals surface area contributed by atoms with Crippen LogP contribution in [0.1, 0.15) is 29.0 Å². The van der Waals surface area contributed by atoms with Crippen molar-refractivity contribution in [3.8, 4) is 0 Å². The van der Waals surface area contributed by atoms with E-state index in [0.717, 1.165) is 16.5 Å². The Bertz CT molecular complexity index is 583. The first-order valence-corrected chi connectivity index (χ1v) is 7.22. The van der Waals surface area contributed by atoms with Gasteiger partial charge in [-0.2, -0.15) is 0 Å². The Hall–Kier alpha value is -0.970. The van der Waals surface area contributed by atoms with E-state index in [1.165, 1.54) is 17.4 Å². The van der Waals surface area contributed by atoms with E-state index in [0.29, 0.717) is 17.1 Å². The van der Waals surface area contributed by atoms with Crippen molar-refractivity contribution in [2.75, 3.05) is 6.54 Å². The third-order valence-corrected chi connectivity index (χ3v) is 4.65. The summed E-state index contributed by atoms with van der Waals surface area (Å²) >= 11 is 7.78. The SMILES string of the molecule is CCNC(c1ccc(F)c(F)c1)c1scc(C)c1Cl. The molecule has 0 saturated heterocycles. The fraction of sp³-hybridized carbons (Fsp3) is 0.286. The first-order chi connectivity index (χ1) is 9.04. The van der Waals surface area contributed by atoms with Crippen molar-refractivity contribution in [3.05, 3.63) is 56.2 Å². The predicted octanol–water partition coefficient (Wildman–Crippen LogP) is 4.69. The van der Waals surface area contributed by atoms with Crippen LogP contribution in [0.5, 0.6) is 0 Å². The summed E-state index contributed by atoms with van der Waals surface area (Å²) < 4.78 is 26.4. The molecule has 1 atom stereocenters. The Balaban J connectivity index is 2.45. The molecule has 1 aromatic carbocycles. The second kappa shape index (κ2) is 5.99. The van der Waals surface area contributed by atoms with Crippen LogP contribution in [-0.4, -0.2) is 6.54 Å². The van der Waals surface area contributed by atoms with Crippen molar-refractivity contribution >= 4 is 22.9 Å². The molecule has 0 amide bonds. The summed E-state index contributed by atoms with van der Waals surface area (Å²) in [6.07, 6.45) is 0. The summed E-state index contributed by atoms with van der Waals surface area (Å²) in [5.74, 6) is -1.68. The van der Waals surface area contributed by atoms with Gasteiger partial charge in [0.2, 0.25) is 0 Å². The molecule has 102 valence electrons. The lowest BCUT2D eigenvalue weighted by molar-refractivity contribution is 0.504. The van der Waals surface area contributed by atoms with Crippen molar-refractivity contribution in [2.24, 2.45) is 0 Å². The van der Waals surface area contributed by atoms with Gasteiger partial charge in [-0.05, 0) is 42.1 Å². The van der Waals surface area contributed by atoms with Gasteiger partial charge in [0.05, 0.1) is 11.1 Å². The van der Waals surface area contributed by atoms with Gasteiger partial charge in [-0.25, -0.2) is 8.78 Å². The van der Waals surface area contributed by atoms with Crippen LogP contribution in [0, 0.1) is 18.6 Å². The number of nitrogens with one attached hydrogen (secondary N) is 1. The number of thiophene rings is 1. The zero-order valence-corrected chi connectivity index (χ0v) is 12.2. The number of halogens is 3. The lowest BCUT2D eigenvalue weighted by Gasteiger charge is -2.18. The molecule has 1 aromatic heterocycles. The van der Waals surface area contributed by atoms with E-state index in [1.807, 2.05) is 19.2 Å². The van der Waals surface area contributed by atoms with Crippen LogP contribution in [0.3, 0.4) is 0 Å². The normalized spacial score (nSPS) is 12.7. The van der Waals surface area contributed by atoms with Crippen molar-refractivity contribution in [2.45, 2.75) is 19.9 Å². The Morgan fingerprint density at radius 1 is 1.32 bits per heavy atom. The smallest absolute Gasteiger partial charge is 0.159 e. The highest BCUT2D eigenvalue weighted by molar-refractivity contribution is 7.10. The molecule has 0 radical (unpaired) electrons. The number of hydrogen-bond acceptors (Lipinski definition) is 2. The number of aryl methyl sites for hydroxylation is 1. The maximum atomic E-state index is 13.4. The monoisotopic (exact) mass is 301 g/mol. The van der Waals surface area contributed by atoms with Crippen LogP contribution < -0.4 is 5.32 Å². The molecule has 0 spiro atoms. The molecule has 0 aliphatic heterocycles. The standard InChI is InChI=1S/C14H14ClF2NS/c1-3-18-13(14-12(15)8(2)7-19-14)9-4-5-10(16)11(17)6-9/h4-7,13,18H,3H2,1-2H3. The van der Waals surface area contributed by atoms with Crippen LogP contribution >= 0.6 is 22.9 Å². The minimum atomic E-state index is -0.843. The van der Waals surface area contributed by atoms with E-state index in [-0.39, 0.29) is 6.04 Å². The van der Waals surface area contributed by atoms with E-state index in [9.17, 15) is 8.78 Å². The van der Waals surface area contributed by atoms with Crippen LogP contribution in [0.15, 0.2) is 23.6 Å². The average molecular weight is 302 g/mol. The molecule has 19 heavy (non-hydrogen) atoms. The summed E-state index contributed by atoms with van der Waals surface area (Å²) in [7, 11) is 0. The highest BCUT2D eigenvalue weighted by atomic mass is 35.5. The first kappa shape index (κ1) is 14.4. The molecule has 5 heteroatoms. The average Bonchev–Trinajstić information content (AvgIpc) is 2.71. The maximum Gasteiger partial charge on any atom is 0.159 e. The Morgan fingerprint density at radius 2 is 2.05 bits per heavy atom. The van der Waals surface area contributed by atoms with E-state index in [2.05, 4.69) is 5.32 Å². The topological polar surface area (TPSA) is 12.0 Å². The second-order valence-electron chi connectivity index (χ2n) is 4.26. The highest BCUT2D eigenvalue weighted by Crippen LogP contribution is 2.36. The van der Waals surface area contributed by atoms with Crippen LogP contribution in [0.2, 0.25) is 5.02 Å². The molecule has 0 aliphatic rings. The van der Waals surface area contributed by atoms with Gasteiger partial charge in [0.1, 0.15) is 0 Å². The van der Waals surface area contributed by atoms with Gasteiger partial charge in [-0.3, -0.25) is 0 Å². The second-order valence-corrected chi connectivity index (χ2v) is 5.55. The van der Waals surface area contributed by atoms with E-state index >= 15 is 0 Å². The maximum absolute atomic E-state index is 13.4. The third kappa shape index (κ3) is 2.96. The molecule has 0 saturated carbocycles. The molecule has 0 bridgehead atoms. The molecular weight excluding hydrogens is 288 g/mol. The van der Waals surface area contributed by atoms with Gasteiger partial charge >= 0.3 is 0 Å². The van der Waals surface area contributed by atoms with E-state index < -0.39 is 11.6 Å². The summed E-state index contributed by atoms with van der Waals surface area (Å²) in [4.78, 5) is 0.923. The largest absolute Gasteiger partial charge is 0.306 e. The van der Waals surface area contributed by atoms with E-state index in [1.54, 1.807) is 6.07 Å². The molecule has 1 unspecified atom stereocenters. The molecule has 2 rings (SSSR count). The molecule has 0 fully saturated rings. The fourth-order valence-electron chi connectivity index (χ4n) is 1.90. The lowest BCUT2D eigenvalue weighted by Crippen LogP contribution is -2.21. The highest BCUT2D eigenvalue weighted by Gasteiger charge is 2.20. The van der Waals surface area contributed by atoms with Gasteiger partial charge in [-0.15, -0.1) is 11.3 Å². The summed E-state index contributed by atoms with van der Waals surface area (Å²) in [6, 6.07) is 3.72. The molecular formula is C14H14ClF2NS. The quantitative estimate of drug-likeness (QED) is 0.864. The summed E-state index contributed by atoms with van der Waals surface area (Å²) in [5.41, 5.74) is 1.66. The van der Waals surface area contributed by atoms with Crippen LogP contribution in [0.25, 0.3) is 0 Å². The molecule has 0 aliphatic carbocycles. The minimum Gasteiger partial charge on any atom is -0.306 e. The van der Waals surface area contributed by atoms with Crippen molar-refractivity contribution in [1.82, 2.24) is 5.32 Å². The molecule has 1 N–H and O–H groups in total. The third-order valence-electron chi connectivity index (χ3n) is 2.87. The molecule has 1 nitrogen and oxygen atoms in total. The van der Waals surface area contributed by atoms with Crippen molar-refractivity contribution in [3.63, 3.8) is 0 Å². The number of benzene rings is 1. The van der Waals surface area contributed by atoms with Gasteiger partial charge in [-0.1, -0.05) is 24.6 Å². The van der Waals surface area contributed by atoms with Crippen molar-refractivity contribution in [1.29, 1.82) is 0 Å². The fourth-order valence-corrected chi connectivity index (χ4v) is 3.31. The summed E-state index contributed by atoms with van der Waals surface area (Å²) in [6.45, 7) is 4.59. The zero-order valence-electron chi connectivity index (χ0n) is 10.6. The van der Waals surface area contributed by atoms with Crippen molar-refractivity contribution < 1.29 is 8.78 Å².